The molecule has 1 saturated carbocycles. The molecule has 144 valence electrons. The molecule has 3 aromatic rings. The van der Waals surface area contributed by atoms with E-state index in [4.69, 9.17) is 4.74 Å². The van der Waals surface area contributed by atoms with Crippen molar-refractivity contribution in [3.8, 4) is 5.88 Å². The van der Waals surface area contributed by atoms with E-state index in [9.17, 15) is 4.79 Å². The standard InChI is InChI=1S/C20H22N6O2/c27-20(17-12-15-4-1-2-7-26(15)23-17)25-10-8-24(9-11-25)18-13-19(22-14-21-18)28-16-5-3-6-16/h1-2,4,7,12-14,16H,3,5-6,8-11H2. The maximum atomic E-state index is 12.8. The number of amides is 1. The molecule has 8 nitrogen and oxygen atoms in total. The second kappa shape index (κ2) is 7.10. The lowest BCUT2D eigenvalue weighted by atomic mass is 9.96. The van der Waals surface area contributed by atoms with Crippen molar-refractivity contribution in [1.82, 2.24) is 24.5 Å². The zero-order valence-electron chi connectivity index (χ0n) is 15.6. The molecular weight excluding hydrogens is 356 g/mol. The molecule has 3 aromatic heterocycles. The Labute approximate surface area is 162 Å². The first-order chi connectivity index (χ1) is 13.8. The van der Waals surface area contributed by atoms with E-state index in [1.165, 1.54) is 6.42 Å². The number of aromatic nitrogens is 4. The Hall–Kier alpha value is -3.16. The summed E-state index contributed by atoms with van der Waals surface area (Å²) in [5, 5.41) is 4.39. The number of hydrogen-bond acceptors (Lipinski definition) is 6. The molecule has 0 atom stereocenters. The lowest BCUT2D eigenvalue weighted by Gasteiger charge is -2.35. The molecule has 0 aromatic carbocycles. The SMILES string of the molecule is O=C(c1cc2ccccn2n1)N1CCN(c2cc(OC3CCC3)ncn2)CC1. The van der Waals surface area contributed by atoms with Crippen molar-refractivity contribution in [3.05, 3.63) is 48.5 Å². The van der Waals surface area contributed by atoms with Crippen LogP contribution in [-0.4, -0.2) is 62.7 Å². The van der Waals surface area contributed by atoms with Gasteiger partial charge in [0.25, 0.3) is 5.91 Å². The van der Waals surface area contributed by atoms with E-state index in [2.05, 4.69) is 20.0 Å². The number of ether oxygens (including phenoxy) is 1. The van der Waals surface area contributed by atoms with Crippen molar-refractivity contribution >= 4 is 17.2 Å². The van der Waals surface area contributed by atoms with Gasteiger partial charge in [0, 0.05) is 38.4 Å². The smallest absolute Gasteiger partial charge is 0.274 e. The van der Waals surface area contributed by atoms with E-state index in [0.29, 0.717) is 30.8 Å². The van der Waals surface area contributed by atoms with Crippen molar-refractivity contribution in [1.29, 1.82) is 0 Å². The van der Waals surface area contributed by atoms with Crippen LogP contribution in [0.4, 0.5) is 5.82 Å². The minimum atomic E-state index is -0.0277. The average molecular weight is 378 g/mol. The first-order valence-corrected chi connectivity index (χ1v) is 9.73. The van der Waals surface area contributed by atoms with E-state index >= 15 is 0 Å². The van der Waals surface area contributed by atoms with Crippen LogP contribution >= 0.6 is 0 Å². The zero-order chi connectivity index (χ0) is 18.9. The predicted octanol–water partition coefficient (Wildman–Crippen LogP) is 2.02. The fourth-order valence-electron chi connectivity index (χ4n) is 3.57. The van der Waals surface area contributed by atoms with Gasteiger partial charge in [-0.05, 0) is 37.5 Å². The van der Waals surface area contributed by atoms with Crippen molar-refractivity contribution in [2.75, 3.05) is 31.1 Å². The number of carbonyl (C=O) groups is 1. The third-order valence-electron chi connectivity index (χ3n) is 5.45. The van der Waals surface area contributed by atoms with Gasteiger partial charge in [0.2, 0.25) is 5.88 Å². The minimum absolute atomic E-state index is 0.0277. The van der Waals surface area contributed by atoms with Crippen molar-refractivity contribution in [3.63, 3.8) is 0 Å². The Balaban J connectivity index is 1.23. The summed E-state index contributed by atoms with van der Waals surface area (Å²) < 4.78 is 7.61. The number of carbonyl (C=O) groups excluding carboxylic acids is 1. The fraction of sp³-hybridized carbons (Fsp3) is 0.400. The molecule has 4 heterocycles. The monoisotopic (exact) mass is 378 g/mol. The normalized spacial score (nSPS) is 17.6. The summed E-state index contributed by atoms with van der Waals surface area (Å²) in [7, 11) is 0. The maximum absolute atomic E-state index is 12.8. The Kier molecular flexibility index (Phi) is 4.31. The highest BCUT2D eigenvalue weighted by molar-refractivity contribution is 5.93. The van der Waals surface area contributed by atoms with E-state index in [-0.39, 0.29) is 5.91 Å². The van der Waals surface area contributed by atoms with Gasteiger partial charge in [-0.2, -0.15) is 5.10 Å². The molecule has 0 bridgehead atoms. The topological polar surface area (TPSA) is 75.9 Å². The molecular formula is C20H22N6O2. The van der Waals surface area contributed by atoms with Gasteiger partial charge < -0.3 is 14.5 Å². The Morgan fingerprint density at radius 2 is 1.93 bits per heavy atom. The number of piperazine rings is 1. The Morgan fingerprint density at radius 1 is 1.07 bits per heavy atom. The zero-order valence-corrected chi connectivity index (χ0v) is 15.6. The predicted molar refractivity (Wildman–Crippen MR) is 104 cm³/mol. The number of hydrogen-bond donors (Lipinski definition) is 0. The van der Waals surface area contributed by atoms with Gasteiger partial charge >= 0.3 is 0 Å². The lowest BCUT2D eigenvalue weighted by molar-refractivity contribution is 0.0740. The highest BCUT2D eigenvalue weighted by Crippen LogP contribution is 2.25. The van der Waals surface area contributed by atoms with Gasteiger partial charge in [0.15, 0.2) is 5.69 Å². The fourth-order valence-corrected chi connectivity index (χ4v) is 3.57. The van der Waals surface area contributed by atoms with E-state index in [1.807, 2.05) is 41.4 Å². The summed E-state index contributed by atoms with van der Waals surface area (Å²) in [6, 6.07) is 9.52. The van der Waals surface area contributed by atoms with E-state index < -0.39 is 0 Å². The molecule has 1 aliphatic carbocycles. The number of nitrogens with zero attached hydrogens (tertiary/aromatic N) is 6. The maximum Gasteiger partial charge on any atom is 0.274 e. The van der Waals surface area contributed by atoms with E-state index in [1.54, 1.807) is 10.8 Å². The highest BCUT2D eigenvalue weighted by atomic mass is 16.5. The molecule has 1 aliphatic heterocycles. The minimum Gasteiger partial charge on any atom is -0.474 e. The van der Waals surface area contributed by atoms with Crippen LogP contribution in [0.3, 0.4) is 0 Å². The van der Waals surface area contributed by atoms with Crippen LogP contribution in [0.2, 0.25) is 0 Å². The van der Waals surface area contributed by atoms with Crippen LogP contribution in [0, 0.1) is 0 Å². The Bertz CT molecular complexity index is 958. The van der Waals surface area contributed by atoms with Gasteiger partial charge in [-0.25, -0.2) is 14.5 Å². The van der Waals surface area contributed by atoms with Gasteiger partial charge in [0.05, 0.1) is 5.52 Å². The van der Waals surface area contributed by atoms with Crippen LogP contribution in [0.15, 0.2) is 42.9 Å². The second-order valence-electron chi connectivity index (χ2n) is 7.26. The molecule has 0 radical (unpaired) electrons. The molecule has 0 unspecified atom stereocenters. The first kappa shape index (κ1) is 17.0. The van der Waals surface area contributed by atoms with Crippen molar-refractivity contribution in [2.45, 2.75) is 25.4 Å². The lowest BCUT2D eigenvalue weighted by Crippen LogP contribution is -2.49. The molecule has 2 aliphatic rings. The van der Waals surface area contributed by atoms with Gasteiger partial charge in [-0.3, -0.25) is 4.79 Å². The third kappa shape index (κ3) is 3.26. The van der Waals surface area contributed by atoms with Crippen molar-refractivity contribution in [2.24, 2.45) is 0 Å². The highest BCUT2D eigenvalue weighted by Gasteiger charge is 2.25. The van der Waals surface area contributed by atoms with Crippen LogP contribution in [-0.2, 0) is 0 Å². The molecule has 1 amide bonds. The van der Waals surface area contributed by atoms with E-state index in [0.717, 1.165) is 37.3 Å². The quantitative estimate of drug-likeness (QED) is 0.691. The average Bonchev–Trinajstić information content (AvgIpc) is 3.15. The van der Waals surface area contributed by atoms with Gasteiger partial charge in [0.1, 0.15) is 18.2 Å². The molecule has 8 heteroatoms. The first-order valence-electron chi connectivity index (χ1n) is 9.73. The summed E-state index contributed by atoms with van der Waals surface area (Å²) in [6.45, 7) is 2.71. The molecule has 5 rings (SSSR count). The molecule has 0 N–H and O–H groups in total. The summed E-state index contributed by atoms with van der Waals surface area (Å²) in [4.78, 5) is 25.4. The number of rotatable bonds is 4. The largest absolute Gasteiger partial charge is 0.474 e. The number of anilines is 1. The van der Waals surface area contributed by atoms with Crippen LogP contribution < -0.4 is 9.64 Å². The Morgan fingerprint density at radius 3 is 2.68 bits per heavy atom. The number of pyridine rings is 1. The van der Waals surface area contributed by atoms with Crippen LogP contribution in [0.25, 0.3) is 5.52 Å². The summed E-state index contributed by atoms with van der Waals surface area (Å²) in [5.41, 5.74) is 1.40. The van der Waals surface area contributed by atoms with Crippen LogP contribution in [0.5, 0.6) is 5.88 Å². The molecule has 0 spiro atoms. The van der Waals surface area contributed by atoms with Crippen molar-refractivity contribution < 1.29 is 9.53 Å². The second-order valence-corrected chi connectivity index (χ2v) is 7.26. The number of fused-ring (bicyclic) bond motifs is 1. The summed E-state index contributed by atoms with van der Waals surface area (Å²) in [5.74, 6) is 1.46. The van der Waals surface area contributed by atoms with Gasteiger partial charge in [-0.1, -0.05) is 6.07 Å². The molecule has 28 heavy (non-hydrogen) atoms. The summed E-state index contributed by atoms with van der Waals surface area (Å²) >= 11 is 0. The third-order valence-corrected chi connectivity index (χ3v) is 5.45. The summed E-state index contributed by atoms with van der Waals surface area (Å²) in [6.07, 6.45) is 7.12. The van der Waals surface area contributed by atoms with Crippen LogP contribution in [0.1, 0.15) is 29.8 Å². The molecule has 2 fully saturated rings. The van der Waals surface area contributed by atoms with Gasteiger partial charge in [-0.15, -0.1) is 0 Å². The molecule has 1 saturated heterocycles.